The van der Waals surface area contributed by atoms with Crippen molar-refractivity contribution in [3.8, 4) is 0 Å². The third kappa shape index (κ3) is 2.33. The van der Waals surface area contributed by atoms with Gasteiger partial charge in [0.2, 0.25) is 5.70 Å². The van der Waals surface area contributed by atoms with E-state index in [0.717, 1.165) is 5.56 Å². The molecule has 0 saturated heterocycles. The quantitative estimate of drug-likeness (QED) is 0.556. The number of rotatable bonds is 2. The zero-order chi connectivity index (χ0) is 10.7. The topological polar surface area (TPSA) is 43.1 Å². The summed E-state index contributed by atoms with van der Waals surface area (Å²) in [6.07, 6.45) is 0. The van der Waals surface area contributed by atoms with Crippen molar-refractivity contribution in [3.05, 3.63) is 50.7 Å². The second-order valence-electron chi connectivity index (χ2n) is 2.97. The molecular formula is C10H10ClNO2. The second kappa shape index (κ2) is 4.24. The normalized spacial score (nSPS) is 12.2. The first-order valence-electron chi connectivity index (χ1n) is 4.10. The van der Waals surface area contributed by atoms with Crippen molar-refractivity contribution < 1.29 is 4.92 Å². The number of nitrogens with zero attached hydrogens (tertiary/aromatic N) is 1. The minimum absolute atomic E-state index is 0.160. The average molecular weight is 212 g/mol. The van der Waals surface area contributed by atoms with Crippen molar-refractivity contribution in [2.24, 2.45) is 0 Å². The van der Waals surface area contributed by atoms with Gasteiger partial charge in [-0.1, -0.05) is 23.7 Å². The van der Waals surface area contributed by atoms with Gasteiger partial charge in [0.25, 0.3) is 0 Å². The molecule has 0 aliphatic carbocycles. The van der Waals surface area contributed by atoms with E-state index in [4.69, 9.17) is 11.6 Å². The highest BCUT2D eigenvalue weighted by Crippen LogP contribution is 2.20. The summed E-state index contributed by atoms with van der Waals surface area (Å²) in [4.78, 5) is 10.1. The maximum Gasteiger partial charge on any atom is 0.246 e. The Labute approximate surface area is 87.2 Å². The molecule has 0 bridgehead atoms. The molecule has 0 spiro atoms. The molecule has 0 heterocycles. The fourth-order valence-electron chi connectivity index (χ4n) is 1.05. The second-order valence-corrected chi connectivity index (χ2v) is 3.41. The van der Waals surface area contributed by atoms with E-state index in [0.29, 0.717) is 10.6 Å². The van der Waals surface area contributed by atoms with Crippen LogP contribution in [0, 0.1) is 10.1 Å². The van der Waals surface area contributed by atoms with Crippen LogP contribution in [0.25, 0.3) is 5.57 Å². The number of nitro groups is 1. The number of hydrogen-bond acceptors (Lipinski definition) is 2. The number of halogens is 1. The Balaban J connectivity index is 3.12. The molecule has 0 aliphatic heterocycles. The van der Waals surface area contributed by atoms with E-state index in [2.05, 4.69) is 0 Å². The van der Waals surface area contributed by atoms with Gasteiger partial charge >= 0.3 is 0 Å². The van der Waals surface area contributed by atoms with Gasteiger partial charge in [-0.15, -0.1) is 0 Å². The SMILES string of the molecule is C/C(=C(\C)[N+](=O)[O-])c1ccc(Cl)cc1. The fourth-order valence-corrected chi connectivity index (χ4v) is 1.17. The largest absolute Gasteiger partial charge is 0.259 e. The molecule has 14 heavy (non-hydrogen) atoms. The molecule has 3 nitrogen and oxygen atoms in total. The third-order valence-corrected chi connectivity index (χ3v) is 2.35. The van der Waals surface area contributed by atoms with Crippen molar-refractivity contribution in [2.45, 2.75) is 13.8 Å². The van der Waals surface area contributed by atoms with Crippen LogP contribution in [0.4, 0.5) is 0 Å². The highest BCUT2D eigenvalue weighted by molar-refractivity contribution is 6.30. The minimum atomic E-state index is -0.385. The zero-order valence-electron chi connectivity index (χ0n) is 7.95. The first-order valence-corrected chi connectivity index (χ1v) is 4.48. The monoisotopic (exact) mass is 211 g/mol. The van der Waals surface area contributed by atoms with Crippen molar-refractivity contribution in [1.29, 1.82) is 0 Å². The maximum atomic E-state index is 10.5. The highest BCUT2D eigenvalue weighted by atomic mass is 35.5. The molecule has 1 aromatic carbocycles. The fraction of sp³-hybridized carbons (Fsp3) is 0.200. The average Bonchev–Trinajstić information content (AvgIpc) is 2.16. The van der Waals surface area contributed by atoms with Crippen LogP contribution in [0.3, 0.4) is 0 Å². The molecule has 0 aromatic heterocycles. The summed E-state index contributed by atoms with van der Waals surface area (Å²) in [5.74, 6) is 0. The summed E-state index contributed by atoms with van der Waals surface area (Å²) < 4.78 is 0. The van der Waals surface area contributed by atoms with Crippen LogP contribution in [-0.2, 0) is 0 Å². The standard InChI is InChI=1S/C10H10ClNO2/c1-7(8(2)12(13)14)9-3-5-10(11)6-4-9/h3-6H,1-2H3/b8-7-. The van der Waals surface area contributed by atoms with Gasteiger partial charge in [0, 0.05) is 17.5 Å². The Hall–Kier alpha value is -1.35. The van der Waals surface area contributed by atoms with E-state index in [1.165, 1.54) is 6.92 Å². The van der Waals surface area contributed by atoms with Gasteiger partial charge in [0.1, 0.15) is 0 Å². The molecule has 1 aromatic rings. The molecule has 0 unspecified atom stereocenters. The Morgan fingerprint density at radius 2 is 1.79 bits per heavy atom. The minimum Gasteiger partial charge on any atom is -0.259 e. The highest BCUT2D eigenvalue weighted by Gasteiger charge is 2.09. The smallest absolute Gasteiger partial charge is 0.246 e. The van der Waals surface area contributed by atoms with E-state index in [-0.39, 0.29) is 10.6 Å². The Bertz CT molecular complexity index is 382. The maximum absolute atomic E-state index is 10.5. The van der Waals surface area contributed by atoms with Gasteiger partial charge in [-0.05, 0) is 24.6 Å². The lowest BCUT2D eigenvalue weighted by Crippen LogP contribution is -1.97. The van der Waals surface area contributed by atoms with Crippen LogP contribution in [0.2, 0.25) is 5.02 Å². The summed E-state index contributed by atoms with van der Waals surface area (Å²) in [7, 11) is 0. The van der Waals surface area contributed by atoms with Crippen LogP contribution in [0.1, 0.15) is 19.4 Å². The lowest BCUT2D eigenvalue weighted by atomic mass is 10.1. The molecule has 0 radical (unpaired) electrons. The molecular weight excluding hydrogens is 202 g/mol. The molecule has 0 atom stereocenters. The molecule has 74 valence electrons. The first-order chi connectivity index (χ1) is 6.52. The van der Waals surface area contributed by atoms with Gasteiger partial charge in [0.15, 0.2) is 0 Å². The lowest BCUT2D eigenvalue weighted by Gasteiger charge is -2.01. The van der Waals surface area contributed by atoms with Gasteiger partial charge in [-0.3, -0.25) is 10.1 Å². The predicted octanol–water partition coefficient (Wildman–Crippen LogP) is 3.37. The van der Waals surface area contributed by atoms with Gasteiger partial charge in [0.05, 0.1) is 4.92 Å². The molecule has 4 heteroatoms. The Morgan fingerprint density at radius 1 is 1.29 bits per heavy atom. The van der Waals surface area contributed by atoms with Crippen LogP contribution in [-0.4, -0.2) is 4.92 Å². The van der Waals surface area contributed by atoms with Crippen molar-refractivity contribution in [1.82, 2.24) is 0 Å². The van der Waals surface area contributed by atoms with Crippen LogP contribution in [0.15, 0.2) is 30.0 Å². The van der Waals surface area contributed by atoms with E-state index >= 15 is 0 Å². The number of allylic oxidation sites excluding steroid dienone is 2. The summed E-state index contributed by atoms with van der Waals surface area (Å²) in [6, 6.07) is 6.97. The van der Waals surface area contributed by atoms with Crippen molar-refractivity contribution >= 4 is 17.2 Å². The molecule has 1 rings (SSSR count). The third-order valence-electron chi connectivity index (χ3n) is 2.09. The summed E-state index contributed by atoms with van der Waals surface area (Å²) >= 11 is 5.71. The lowest BCUT2D eigenvalue weighted by molar-refractivity contribution is -0.423. The Morgan fingerprint density at radius 3 is 2.21 bits per heavy atom. The number of benzene rings is 1. The summed E-state index contributed by atoms with van der Waals surface area (Å²) in [5, 5.41) is 11.1. The van der Waals surface area contributed by atoms with Gasteiger partial charge in [-0.2, -0.15) is 0 Å². The van der Waals surface area contributed by atoms with E-state index in [1.54, 1.807) is 31.2 Å². The van der Waals surface area contributed by atoms with Crippen LogP contribution < -0.4 is 0 Å². The molecule has 0 N–H and O–H groups in total. The predicted molar refractivity (Wildman–Crippen MR) is 56.7 cm³/mol. The molecule has 0 saturated carbocycles. The molecule has 0 fully saturated rings. The summed E-state index contributed by atoms with van der Waals surface area (Å²) in [5.41, 5.74) is 1.64. The summed E-state index contributed by atoms with van der Waals surface area (Å²) in [6.45, 7) is 3.21. The number of hydrogen-bond donors (Lipinski definition) is 0. The first kappa shape index (κ1) is 10.7. The van der Waals surface area contributed by atoms with Crippen LogP contribution >= 0.6 is 11.6 Å². The van der Waals surface area contributed by atoms with Gasteiger partial charge in [-0.25, -0.2) is 0 Å². The molecule has 0 aliphatic rings. The molecule has 0 amide bonds. The van der Waals surface area contributed by atoms with Crippen molar-refractivity contribution in [2.75, 3.05) is 0 Å². The van der Waals surface area contributed by atoms with Gasteiger partial charge < -0.3 is 0 Å². The zero-order valence-corrected chi connectivity index (χ0v) is 8.71. The Kier molecular flexibility index (Phi) is 3.25. The van der Waals surface area contributed by atoms with E-state index in [1.807, 2.05) is 0 Å². The van der Waals surface area contributed by atoms with Crippen molar-refractivity contribution in [3.63, 3.8) is 0 Å². The van der Waals surface area contributed by atoms with E-state index in [9.17, 15) is 10.1 Å². The van der Waals surface area contributed by atoms with Crippen LogP contribution in [0.5, 0.6) is 0 Å². The van der Waals surface area contributed by atoms with E-state index < -0.39 is 0 Å².